The van der Waals surface area contributed by atoms with Crippen molar-refractivity contribution < 1.29 is 4.74 Å². The fourth-order valence-electron chi connectivity index (χ4n) is 2.72. The van der Waals surface area contributed by atoms with Crippen molar-refractivity contribution >= 4 is 29.9 Å². The lowest BCUT2D eigenvalue weighted by molar-refractivity contribution is 0.223. The zero-order valence-electron chi connectivity index (χ0n) is 16.9. The molecule has 2 aromatic carbocycles. The van der Waals surface area contributed by atoms with Gasteiger partial charge in [-0.2, -0.15) is 5.10 Å². The molecule has 0 fully saturated rings. The number of aryl methyl sites for hydroxylation is 1. The highest BCUT2D eigenvalue weighted by atomic mass is 127. The first kappa shape index (κ1) is 22.7. The maximum atomic E-state index is 5.94. The number of halogens is 1. The van der Waals surface area contributed by atoms with Crippen LogP contribution in [0.1, 0.15) is 18.1 Å². The van der Waals surface area contributed by atoms with Crippen LogP contribution in [0.5, 0.6) is 5.75 Å². The molecular weight excluding hydrogens is 479 g/mol. The maximum Gasteiger partial charge on any atom is 0.191 e. The van der Waals surface area contributed by atoms with Crippen LogP contribution in [0.25, 0.3) is 5.69 Å². The lowest BCUT2D eigenvalue weighted by Crippen LogP contribution is -2.41. The quantitative estimate of drug-likeness (QED) is 0.292. The summed E-state index contributed by atoms with van der Waals surface area (Å²) < 4.78 is 7.67. The number of nitrogens with one attached hydrogen (secondary N) is 2. The lowest BCUT2D eigenvalue weighted by atomic mass is 10.2. The number of rotatable bonds is 7. The lowest BCUT2D eigenvalue weighted by Gasteiger charge is -2.18. The molecule has 0 aliphatic rings. The van der Waals surface area contributed by atoms with Gasteiger partial charge in [0.2, 0.25) is 0 Å². The highest BCUT2D eigenvalue weighted by molar-refractivity contribution is 14.0. The first-order chi connectivity index (χ1) is 13.6. The van der Waals surface area contributed by atoms with Crippen LogP contribution in [0.4, 0.5) is 0 Å². The average molecular weight is 506 g/mol. The molecule has 0 bridgehead atoms. The minimum atomic E-state index is 0. The van der Waals surface area contributed by atoms with E-state index in [0.29, 0.717) is 13.1 Å². The molecular formula is C21H27IN6O. The van der Waals surface area contributed by atoms with Crippen LogP contribution in [0.2, 0.25) is 0 Å². The van der Waals surface area contributed by atoms with E-state index in [0.717, 1.165) is 23.0 Å². The van der Waals surface area contributed by atoms with Gasteiger partial charge in [0.15, 0.2) is 5.96 Å². The molecule has 2 N–H and O–H groups in total. The summed E-state index contributed by atoms with van der Waals surface area (Å²) in [5.74, 6) is 1.62. The monoisotopic (exact) mass is 506 g/mol. The average Bonchev–Trinajstić information content (AvgIpc) is 3.23. The van der Waals surface area contributed by atoms with Crippen LogP contribution in [0.15, 0.2) is 66.2 Å². The number of guanidine groups is 1. The fraction of sp³-hybridized carbons (Fsp3) is 0.286. The van der Waals surface area contributed by atoms with Crippen molar-refractivity contribution in [3.05, 3.63) is 72.3 Å². The highest BCUT2D eigenvalue weighted by Gasteiger charge is 2.06. The Hall–Kier alpha value is -2.62. The Morgan fingerprint density at radius 1 is 1.17 bits per heavy atom. The summed E-state index contributed by atoms with van der Waals surface area (Å²) in [6.07, 6.45) is 3.22. The Labute approximate surface area is 188 Å². The van der Waals surface area contributed by atoms with Crippen molar-refractivity contribution in [2.24, 2.45) is 4.99 Å². The topological polar surface area (TPSA) is 76.4 Å². The van der Waals surface area contributed by atoms with E-state index in [1.807, 2.05) is 37.3 Å². The predicted octanol–water partition coefficient (Wildman–Crippen LogP) is 3.33. The van der Waals surface area contributed by atoms with Crippen LogP contribution in [0, 0.1) is 6.92 Å². The van der Waals surface area contributed by atoms with Gasteiger partial charge in [-0.15, -0.1) is 24.0 Å². The molecule has 0 aliphatic heterocycles. The van der Waals surface area contributed by atoms with Crippen LogP contribution in [-0.2, 0) is 6.54 Å². The van der Waals surface area contributed by atoms with Crippen molar-refractivity contribution in [2.75, 3.05) is 13.6 Å². The summed E-state index contributed by atoms with van der Waals surface area (Å²) in [6, 6.07) is 16.2. The number of nitrogens with zero attached hydrogens (tertiary/aromatic N) is 4. The fourth-order valence-corrected chi connectivity index (χ4v) is 2.72. The van der Waals surface area contributed by atoms with E-state index in [-0.39, 0.29) is 30.1 Å². The number of benzene rings is 2. The summed E-state index contributed by atoms with van der Waals surface area (Å²) >= 11 is 0. The Morgan fingerprint density at radius 3 is 2.62 bits per heavy atom. The molecule has 0 radical (unpaired) electrons. The second kappa shape index (κ2) is 11.4. The van der Waals surface area contributed by atoms with Crippen molar-refractivity contribution in [2.45, 2.75) is 26.5 Å². The van der Waals surface area contributed by atoms with Crippen molar-refractivity contribution in [3.63, 3.8) is 0 Å². The summed E-state index contributed by atoms with van der Waals surface area (Å²) in [4.78, 5) is 8.23. The van der Waals surface area contributed by atoms with E-state index in [1.54, 1.807) is 18.1 Å². The summed E-state index contributed by atoms with van der Waals surface area (Å²) in [5, 5.41) is 10.7. The van der Waals surface area contributed by atoms with E-state index < -0.39 is 0 Å². The second-order valence-electron chi connectivity index (χ2n) is 6.56. The third-order valence-electron chi connectivity index (χ3n) is 4.19. The molecule has 1 heterocycles. The number of hydrogen-bond acceptors (Lipinski definition) is 4. The van der Waals surface area contributed by atoms with E-state index in [9.17, 15) is 0 Å². The van der Waals surface area contributed by atoms with Crippen LogP contribution in [-0.4, -0.2) is 40.4 Å². The molecule has 0 saturated heterocycles. The van der Waals surface area contributed by atoms with Gasteiger partial charge in [0, 0.05) is 13.6 Å². The Bertz CT molecular complexity index is 896. The minimum Gasteiger partial charge on any atom is -0.489 e. The van der Waals surface area contributed by atoms with Crippen LogP contribution >= 0.6 is 24.0 Å². The molecule has 29 heavy (non-hydrogen) atoms. The highest BCUT2D eigenvalue weighted by Crippen LogP contribution is 2.14. The molecule has 0 amide bonds. The molecule has 3 aromatic rings. The Balaban J connectivity index is 0.00000300. The zero-order valence-corrected chi connectivity index (χ0v) is 19.2. The largest absolute Gasteiger partial charge is 0.489 e. The molecule has 0 spiro atoms. The van der Waals surface area contributed by atoms with E-state index in [1.165, 1.54) is 11.9 Å². The van der Waals surface area contributed by atoms with Gasteiger partial charge in [0.05, 0.1) is 12.2 Å². The van der Waals surface area contributed by atoms with Crippen molar-refractivity contribution in [1.29, 1.82) is 0 Å². The molecule has 154 valence electrons. The van der Waals surface area contributed by atoms with Gasteiger partial charge in [0.25, 0.3) is 0 Å². The number of hydrogen-bond donors (Lipinski definition) is 2. The third kappa shape index (κ3) is 7.04. The van der Waals surface area contributed by atoms with E-state index in [4.69, 9.17) is 4.74 Å². The van der Waals surface area contributed by atoms with Crippen LogP contribution in [0.3, 0.4) is 0 Å². The van der Waals surface area contributed by atoms with Crippen molar-refractivity contribution in [3.8, 4) is 11.4 Å². The summed E-state index contributed by atoms with van der Waals surface area (Å²) in [6.45, 7) is 5.41. The first-order valence-electron chi connectivity index (χ1n) is 9.26. The van der Waals surface area contributed by atoms with Gasteiger partial charge in [-0.1, -0.05) is 24.3 Å². The number of aliphatic imine (C=N–C) groups is 1. The molecule has 0 saturated carbocycles. The summed E-state index contributed by atoms with van der Waals surface area (Å²) in [7, 11) is 1.76. The third-order valence-corrected chi connectivity index (χ3v) is 4.19. The Morgan fingerprint density at radius 2 is 1.97 bits per heavy atom. The second-order valence-corrected chi connectivity index (χ2v) is 6.56. The van der Waals surface area contributed by atoms with Gasteiger partial charge in [-0.25, -0.2) is 9.67 Å². The van der Waals surface area contributed by atoms with E-state index >= 15 is 0 Å². The first-order valence-corrected chi connectivity index (χ1v) is 9.26. The molecule has 1 atom stereocenters. The zero-order chi connectivity index (χ0) is 19.8. The number of aromatic nitrogens is 3. The van der Waals surface area contributed by atoms with Gasteiger partial charge in [0.1, 0.15) is 24.5 Å². The minimum absolute atomic E-state index is 0. The predicted molar refractivity (Wildman–Crippen MR) is 126 cm³/mol. The molecule has 1 unspecified atom stereocenters. The van der Waals surface area contributed by atoms with Crippen LogP contribution < -0.4 is 15.4 Å². The van der Waals surface area contributed by atoms with Gasteiger partial charge in [-0.3, -0.25) is 4.99 Å². The molecule has 0 aliphatic carbocycles. The molecule has 3 rings (SSSR count). The maximum absolute atomic E-state index is 5.94. The smallest absolute Gasteiger partial charge is 0.191 e. The van der Waals surface area contributed by atoms with Gasteiger partial charge >= 0.3 is 0 Å². The standard InChI is InChI=1S/C21H26N6O.HI/c1-16-5-4-6-20(11-16)28-17(2)12-24-21(22-3)25-13-18-7-9-19(10-8-18)27-15-23-14-26-27;/h4-11,14-15,17H,12-13H2,1-3H3,(H2,22,24,25);1H. The summed E-state index contributed by atoms with van der Waals surface area (Å²) in [5.41, 5.74) is 3.31. The van der Waals surface area contributed by atoms with Gasteiger partial charge in [-0.05, 0) is 49.2 Å². The Kier molecular flexibility index (Phi) is 8.91. The van der Waals surface area contributed by atoms with Crippen molar-refractivity contribution in [1.82, 2.24) is 25.4 Å². The molecule has 7 nitrogen and oxygen atoms in total. The number of ether oxygens (including phenoxy) is 1. The van der Waals surface area contributed by atoms with E-state index in [2.05, 4.69) is 50.8 Å². The SMILES string of the molecule is CN=C(NCc1ccc(-n2cncn2)cc1)NCC(C)Oc1cccc(C)c1.I. The normalized spacial score (nSPS) is 12.0. The molecule has 1 aromatic heterocycles. The van der Waals surface area contributed by atoms with Gasteiger partial charge < -0.3 is 15.4 Å². The molecule has 8 heteroatoms.